The molecular weight excluding hydrogens is 414 g/mol. The average molecular weight is 440 g/mol. The van der Waals surface area contributed by atoms with Crippen LogP contribution < -0.4 is 10.1 Å². The van der Waals surface area contributed by atoms with Crippen LogP contribution in [-0.4, -0.2) is 63.9 Å². The second-order valence-electron chi connectivity index (χ2n) is 7.59. The van der Waals surface area contributed by atoms with Crippen LogP contribution in [-0.2, 0) is 10.0 Å². The maximum Gasteiger partial charge on any atom is 0.255 e. The summed E-state index contributed by atoms with van der Waals surface area (Å²) in [6.07, 6.45) is 0. The topological polar surface area (TPSA) is 79.0 Å². The first-order valence-corrected chi connectivity index (χ1v) is 11.5. The molecule has 0 unspecified atom stereocenters. The summed E-state index contributed by atoms with van der Waals surface area (Å²) in [5.74, 6) is 0.0599. The van der Waals surface area contributed by atoms with E-state index < -0.39 is 10.0 Å². The van der Waals surface area contributed by atoms with E-state index >= 15 is 0 Å². The van der Waals surface area contributed by atoms with Crippen LogP contribution in [0.25, 0.3) is 10.8 Å². The van der Waals surface area contributed by atoms with Gasteiger partial charge >= 0.3 is 0 Å². The summed E-state index contributed by atoms with van der Waals surface area (Å²) in [6.45, 7) is 2.23. The van der Waals surface area contributed by atoms with Gasteiger partial charge in [-0.25, -0.2) is 8.42 Å². The van der Waals surface area contributed by atoms with Crippen LogP contribution in [0.3, 0.4) is 0 Å². The first-order chi connectivity index (χ1) is 14.9. The monoisotopic (exact) mass is 439 g/mol. The number of likely N-dealkylation sites (N-methyl/N-ethyl adjacent to an activating group) is 1. The van der Waals surface area contributed by atoms with Crippen molar-refractivity contribution < 1.29 is 17.9 Å². The molecule has 1 fully saturated rings. The lowest BCUT2D eigenvalue weighted by Crippen LogP contribution is -2.47. The normalized spacial score (nSPS) is 15.7. The molecule has 3 aromatic rings. The minimum atomic E-state index is -3.66. The van der Waals surface area contributed by atoms with Crippen molar-refractivity contribution in [3.63, 3.8) is 0 Å². The summed E-state index contributed by atoms with van der Waals surface area (Å²) >= 11 is 0. The molecule has 1 N–H and O–H groups in total. The zero-order valence-corrected chi connectivity index (χ0v) is 18.4. The number of sulfonamides is 1. The van der Waals surface area contributed by atoms with Crippen molar-refractivity contribution >= 4 is 32.4 Å². The predicted octanol–water partition coefficient (Wildman–Crippen LogP) is 3.04. The maximum atomic E-state index is 13.1. The Morgan fingerprint density at radius 2 is 1.65 bits per heavy atom. The van der Waals surface area contributed by atoms with Gasteiger partial charge in [0.2, 0.25) is 10.0 Å². The molecule has 1 aliphatic rings. The molecule has 0 aliphatic carbocycles. The highest BCUT2D eigenvalue weighted by Gasteiger charge is 2.28. The van der Waals surface area contributed by atoms with Crippen molar-refractivity contribution in [3.05, 3.63) is 66.2 Å². The number of amides is 1. The fourth-order valence-corrected chi connectivity index (χ4v) is 5.10. The molecular formula is C23H25N3O4S. The van der Waals surface area contributed by atoms with E-state index in [4.69, 9.17) is 4.74 Å². The van der Waals surface area contributed by atoms with E-state index in [2.05, 4.69) is 10.2 Å². The first-order valence-electron chi connectivity index (χ1n) is 10.1. The number of piperazine rings is 1. The second-order valence-corrected chi connectivity index (χ2v) is 9.52. The van der Waals surface area contributed by atoms with Gasteiger partial charge in [0, 0.05) is 31.7 Å². The maximum absolute atomic E-state index is 13.1. The van der Waals surface area contributed by atoms with Crippen molar-refractivity contribution in [1.82, 2.24) is 9.21 Å². The Labute approximate surface area is 182 Å². The number of ether oxygens (including phenoxy) is 1. The molecule has 162 valence electrons. The molecule has 0 bridgehead atoms. The van der Waals surface area contributed by atoms with Crippen LogP contribution in [0.1, 0.15) is 10.4 Å². The Morgan fingerprint density at radius 1 is 0.935 bits per heavy atom. The Morgan fingerprint density at radius 3 is 2.35 bits per heavy atom. The minimum Gasteiger partial charge on any atom is -0.495 e. The molecule has 1 saturated heterocycles. The largest absolute Gasteiger partial charge is 0.495 e. The molecule has 0 spiro atoms. The highest BCUT2D eigenvalue weighted by molar-refractivity contribution is 7.89. The van der Waals surface area contributed by atoms with Crippen LogP contribution >= 0.6 is 0 Å². The van der Waals surface area contributed by atoms with Crippen LogP contribution in [0.4, 0.5) is 5.69 Å². The summed E-state index contributed by atoms with van der Waals surface area (Å²) in [6, 6.07) is 17.8. The molecule has 0 saturated carbocycles. The van der Waals surface area contributed by atoms with Gasteiger partial charge in [-0.1, -0.05) is 30.3 Å². The quantitative estimate of drug-likeness (QED) is 0.661. The number of hydrogen-bond donors (Lipinski definition) is 1. The molecule has 4 rings (SSSR count). The summed E-state index contributed by atoms with van der Waals surface area (Å²) in [5.41, 5.74) is 0.795. The number of benzene rings is 3. The van der Waals surface area contributed by atoms with E-state index in [0.717, 1.165) is 10.8 Å². The van der Waals surface area contributed by atoms with Gasteiger partial charge < -0.3 is 15.0 Å². The lowest BCUT2D eigenvalue weighted by atomic mass is 10.1. The van der Waals surface area contributed by atoms with Gasteiger partial charge in [0.15, 0.2) is 0 Å². The lowest BCUT2D eigenvalue weighted by molar-refractivity contribution is 0.102. The van der Waals surface area contributed by atoms with Crippen LogP contribution in [0.2, 0.25) is 0 Å². The fraction of sp³-hybridized carbons (Fsp3) is 0.261. The van der Waals surface area contributed by atoms with Crippen molar-refractivity contribution in [2.24, 2.45) is 0 Å². The van der Waals surface area contributed by atoms with Gasteiger partial charge in [-0.05, 0) is 48.2 Å². The van der Waals surface area contributed by atoms with Crippen molar-refractivity contribution in [2.75, 3.05) is 45.7 Å². The molecule has 8 heteroatoms. The number of carbonyl (C=O) groups is 1. The molecule has 0 radical (unpaired) electrons. The number of anilines is 1. The molecule has 1 aliphatic heterocycles. The van der Waals surface area contributed by atoms with Gasteiger partial charge in [-0.3, -0.25) is 4.79 Å². The number of nitrogens with one attached hydrogen (secondary N) is 1. The molecule has 7 nitrogen and oxygen atoms in total. The molecule has 0 atom stereocenters. The second kappa shape index (κ2) is 8.66. The van der Waals surface area contributed by atoms with Gasteiger partial charge in [0.25, 0.3) is 5.91 Å². The third-order valence-corrected chi connectivity index (χ3v) is 7.43. The molecule has 31 heavy (non-hydrogen) atoms. The van der Waals surface area contributed by atoms with Crippen LogP contribution in [0.15, 0.2) is 65.6 Å². The van der Waals surface area contributed by atoms with Crippen molar-refractivity contribution in [2.45, 2.75) is 4.90 Å². The van der Waals surface area contributed by atoms with Crippen LogP contribution in [0, 0.1) is 0 Å². The number of hydrogen-bond acceptors (Lipinski definition) is 5. The minimum absolute atomic E-state index is 0.131. The Hall–Kier alpha value is -2.94. The van der Waals surface area contributed by atoms with Crippen molar-refractivity contribution in [3.8, 4) is 5.75 Å². The number of carbonyl (C=O) groups excluding carboxylic acids is 1. The predicted molar refractivity (Wildman–Crippen MR) is 121 cm³/mol. The number of methoxy groups -OCH3 is 1. The Balaban J connectivity index is 1.62. The lowest BCUT2D eigenvalue weighted by Gasteiger charge is -2.31. The number of nitrogens with zero attached hydrogens (tertiary/aromatic N) is 2. The molecule has 3 aromatic carbocycles. The summed E-state index contributed by atoms with van der Waals surface area (Å²) in [5, 5.41) is 4.80. The molecule has 1 heterocycles. The number of fused-ring (bicyclic) bond motifs is 1. The third-order valence-electron chi connectivity index (χ3n) is 5.53. The van der Waals surface area contributed by atoms with Crippen LogP contribution in [0.5, 0.6) is 5.75 Å². The van der Waals surface area contributed by atoms with E-state index in [-0.39, 0.29) is 10.8 Å². The number of rotatable bonds is 5. The van der Waals surface area contributed by atoms with E-state index in [9.17, 15) is 13.2 Å². The Bertz CT molecular complexity index is 1220. The first kappa shape index (κ1) is 21.3. The van der Waals surface area contributed by atoms with E-state index in [1.165, 1.54) is 23.5 Å². The van der Waals surface area contributed by atoms with Gasteiger partial charge in [0.1, 0.15) is 5.75 Å². The Kier molecular flexibility index (Phi) is 5.95. The summed E-state index contributed by atoms with van der Waals surface area (Å²) in [4.78, 5) is 15.1. The molecule has 1 amide bonds. The zero-order chi connectivity index (χ0) is 22.0. The van der Waals surface area contributed by atoms with Gasteiger partial charge in [-0.15, -0.1) is 0 Å². The average Bonchev–Trinajstić information content (AvgIpc) is 2.79. The van der Waals surface area contributed by atoms with E-state index in [0.29, 0.717) is 43.2 Å². The van der Waals surface area contributed by atoms with Gasteiger partial charge in [0.05, 0.1) is 17.7 Å². The zero-order valence-electron chi connectivity index (χ0n) is 17.5. The standard InChI is InChI=1S/C23H25N3O4S/c1-25-11-13-26(14-12-25)31(28,29)20-9-10-22(30-2)21(16-20)24-23(27)19-8-7-17-5-3-4-6-18(17)15-19/h3-10,15-16H,11-14H2,1-2H3,(H,24,27). The van der Waals surface area contributed by atoms with E-state index in [1.54, 1.807) is 12.1 Å². The smallest absolute Gasteiger partial charge is 0.255 e. The third kappa shape index (κ3) is 4.41. The van der Waals surface area contributed by atoms with Crippen molar-refractivity contribution in [1.29, 1.82) is 0 Å². The highest BCUT2D eigenvalue weighted by atomic mass is 32.2. The molecule has 0 aromatic heterocycles. The van der Waals surface area contributed by atoms with Gasteiger partial charge in [-0.2, -0.15) is 4.31 Å². The fourth-order valence-electron chi connectivity index (χ4n) is 3.65. The summed E-state index contributed by atoms with van der Waals surface area (Å²) in [7, 11) is -0.211. The SMILES string of the molecule is COc1ccc(S(=O)(=O)N2CCN(C)CC2)cc1NC(=O)c1ccc2ccccc2c1. The van der Waals surface area contributed by atoms with E-state index in [1.807, 2.05) is 43.4 Å². The highest BCUT2D eigenvalue weighted by Crippen LogP contribution is 2.30. The summed E-state index contributed by atoms with van der Waals surface area (Å²) < 4.78 is 33.0.